The minimum absolute atomic E-state index is 1.02. The molecule has 0 bridgehead atoms. The van der Waals surface area contributed by atoms with Crippen LogP contribution in [0.4, 0.5) is 0 Å². The molecule has 0 amide bonds. The molecule has 11 heavy (non-hydrogen) atoms. The molecule has 0 radical (unpaired) electrons. The molecule has 0 saturated heterocycles. The van der Waals surface area contributed by atoms with E-state index in [0.29, 0.717) is 0 Å². The molecule has 0 fully saturated rings. The summed E-state index contributed by atoms with van der Waals surface area (Å²) in [5.74, 6) is 0. The summed E-state index contributed by atoms with van der Waals surface area (Å²) < 4.78 is 1.40. The second kappa shape index (κ2) is 3.05. The van der Waals surface area contributed by atoms with Crippen LogP contribution in [-0.4, -0.2) is 23.5 Å². The van der Waals surface area contributed by atoms with E-state index in [1.54, 1.807) is 0 Å². The van der Waals surface area contributed by atoms with Gasteiger partial charge in [-0.1, -0.05) is 0 Å². The van der Waals surface area contributed by atoms with Crippen LogP contribution in [0, 0.1) is 0 Å². The van der Waals surface area contributed by atoms with E-state index in [9.17, 15) is 0 Å². The first-order valence-corrected chi connectivity index (χ1v) is 13.8. The molecule has 1 N–H and O–H groups in total. The Morgan fingerprint density at radius 2 is 2.00 bits per heavy atom. The molecule has 1 aliphatic rings. The zero-order valence-electron chi connectivity index (χ0n) is 7.26. The van der Waals surface area contributed by atoms with Crippen LogP contribution in [0.1, 0.15) is 0 Å². The van der Waals surface area contributed by atoms with E-state index in [1.165, 1.54) is 9.85 Å². The van der Waals surface area contributed by atoms with Crippen LogP contribution in [-0.2, 0) is 0 Å². The second-order valence-electron chi connectivity index (χ2n) is 3.77. The van der Waals surface area contributed by atoms with Gasteiger partial charge >= 0.3 is 72.0 Å². The average Bonchev–Trinajstić information content (AvgIpc) is 2.31. The zero-order valence-corrected chi connectivity index (χ0v) is 10.1. The van der Waals surface area contributed by atoms with E-state index in [2.05, 4.69) is 20.9 Å². The monoisotopic (exact) mass is 258 g/mol. The van der Waals surface area contributed by atoms with Crippen molar-refractivity contribution in [2.75, 3.05) is 0 Å². The van der Waals surface area contributed by atoms with Crippen LogP contribution in [0.3, 0.4) is 0 Å². The summed E-state index contributed by atoms with van der Waals surface area (Å²) in [6.07, 6.45) is 7.34. The van der Waals surface area contributed by atoms with E-state index < -0.39 is 18.4 Å². The normalized spacial score (nSPS) is 21.0. The number of aliphatic hydroxyl groups is 1. The van der Waals surface area contributed by atoms with Crippen molar-refractivity contribution < 1.29 is 5.11 Å². The van der Waals surface area contributed by atoms with Gasteiger partial charge in [-0.3, -0.25) is 0 Å². The van der Waals surface area contributed by atoms with Crippen molar-refractivity contribution in [2.45, 2.75) is 14.8 Å². The predicted octanol–water partition coefficient (Wildman–Crippen LogP) is 2.80. The van der Waals surface area contributed by atoms with Gasteiger partial charge in [0.05, 0.1) is 0 Å². The molecule has 1 rings (SSSR count). The van der Waals surface area contributed by atoms with Crippen LogP contribution in [0.25, 0.3) is 0 Å². The van der Waals surface area contributed by atoms with E-state index in [1.807, 2.05) is 12.2 Å². The second-order valence-corrected chi connectivity index (χ2v) is 18.2. The molecule has 0 aromatic carbocycles. The standard InChI is InChI=1S/C6H5O.3CH3.Sn/c7-5-6-3-1-2-4-6;;;;/h1-3,5,7H;3*1H3;/b6-5+;;;;. The Morgan fingerprint density at radius 1 is 1.36 bits per heavy atom. The van der Waals surface area contributed by atoms with Crippen molar-refractivity contribution >= 4 is 18.4 Å². The molecule has 1 aliphatic carbocycles. The fourth-order valence-corrected chi connectivity index (χ4v) is 5.83. The Bertz CT molecular complexity index is 241. The fraction of sp³-hybridized carbons (Fsp3) is 0.333. The van der Waals surface area contributed by atoms with Crippen molar-refractivity contribution in [3.63, 3.8) is 0 Å². The quantitative estimate of drug-likeness (QED) is 0.565. The van der Waals surface area contributed by atoms with Gasteiger partial charge in [0.25, 0.3) is 0 Å². The topological polar surface area (TPSA) is 20.2 Å². The molecule has 0 aromatic heterocycles. The van der Waals surface area contributed by atoms with Gasteiger partial charge in [0, 0.05) is 0 Å². The van der Waals surface area contributed by atoms with E-state index in [0.717, 1.165) is 5.57 Å². The van der Waals surface area contributed by atoms with Gasteiger partial charge in [-0.15, -0.1) is 0 Å². The Labute approximate surface area is 72.0 Å². The molecular formula is C9H14OSn. The van der Waals surface area contributed by atoms with Crippen LogP contribution in [0.2, 0.25) is 14.8 Å². The molecule has 0 atom stereocenters. The van der Waals surface area contributed by atoms with Crippen LogP contribution in [0.15, 0.2) is 33.7 Å². The van der Waals surface area contributed by atoms with Crippen molar-refractivity contribution in [3.8, 4) is 0 Å². The molecule has 0 aliphatic heterocycles. The Balaban J connectivity index is 2.94. The van der Waals surface area contributed by atoms with Crippen molar-refractivity contribution in [1.29, 1.82) is 0 Å². The number of hydrogen-bond donors (Lipinski definition) is 1. The molecular weight excluding hydrogens is 243 g/mol. The summed E-state index contributed by atoms with van der Waals surface area (Å²) in [6, 6.07) is 0. The number of aliphatic hydroxyl groups excluding tert-OH is 1. The summed E-state index contributed by atoms with van der Waals surface area (Å²) in [4.78, 5) is 7.03. The Morgan fingerprint density at radius 3 is 2.36 bits per heavy atom. The maximum absolute atomic E-state index is 8.88. The zero-order chi connectivity index (χ0) is 8.48. The molecule has 2 heteroatoms. The maximum atomic E-state index is 8.88. The van der Waals surface area contributed by atoms with Crippen molar-refractivity contribution in [1.82, 2.24) is 0 Å². The van der Waals surface area contributed by atoms with Gasteiger partial charge in [-0.2, -0.15) is 0 Å². The van der Waals surface area contributed by atoms with Crippen LogP contribution < -0.4 is 0 Å². The summed E-state index contributed by atoms with van der Waals surface area (Å²) >= 11 is -1.93. The first-order chi connectivity index (χ1) is 5.05. The SMILES string of the molecule is [CH3][Sn]([CH3])([CH3])[C]1=CC=C/C1=C\O. The summed E-state index contributed by atoms with van der Waals surface area (Å²) in [7, 11) is 0. The van der Waals surface area contributed by atoms with Crippen molar-refractivity contribution in [3.05, 3.63) is 33.7 Å². The van der Waals surface area contributed by atoms with Gasteiger partial charge in [-0.25, -0.2) is 0 Å². The molecule has 60 valence electrons. The van der Waals surface area contributed by atoms with Crippen molar-refractivity contribution in [2.24, 2.45) is 0 Å². The van der Waals surface area contributed by atoms with Gasteiger partial charge in [0.15, 0.2) is 0 Å². The Kier molecular flexibility index (Phi) is 2.47. The molecule has 0 aromatic rings. The van der Waals surface area contributed by atoms with Crippen LogP contribution >= 0.6 is 0 Å². The third-order valence-electron chi connectivity index (χ3n) is 1.80. The van der Waals surface area contributed by atoms with Gasteiger partial charge in [0.1, 0.15) is 0 Å². The van der Waals surface area contributed by atoms with Gasteiger partial charge < -0.3 is 0 Å². The first-order valence-electron chi connectivity index (χ1n) is 3.79. The van der Waals surface area contributed by atoms with E-state index in [-0.39, 0.29) is 0 Å². The Hall–Kier alpha value is -0.181. The fourth-order valence-electron chi connectivity index (χ4n) is 1.23. The van der Waals surface area contributed by atoms with Crippen LogP contribution in [0.5, 0.6) is 0 Å². The summed E-state index contributed by atoms with van der Waals surface area (Å²) in [5, 5.41) is 8.88. The third-order valence-corrected chi connectivity index (χ3v) is 7.71. The van der Waals surface area contributed by atoms with Gasteiger partial charge in [0.2, 0.25) is 0 Å². The number of rotatable bonds is 1. The van der Waals surface area contributed by atoms with E-state index in [4.69, 9.17) is 5.11 Å². The van der Waals surface area contributed by atoms with Gasteiger partial charge in [-0.05, 0) is 0 Å². The first kappa shape index (κ1) is 8.91. The molecule has 1 nitrogen and oxygen atoms in total. The van der Waals surface area contributed by atoms with E-state index >= 15 is 0 Å². The third kappa shape index (κ3) is 1.89. The molecule has 0 heterocycles. The summed E-state index contributed by atoms with van der Waals surface area (Å²) in [6.45, 7) is 0. The predicted molar refractivity (Wildman–Crippen MR) is 51.3 cm³/mol. The molecule has 0 saturated carbocycles. The minimum atomic E-state index is -1.93. The number of hydrogen-bond acceptors (Lipinski definition) is 1. The molecule has 0 unspecified atom stereocenters. The number of allylic oxidation sites excluding steroid dienone is 5. The molecule has 0 spiro atoms. The summed E-state index contributed by atoms with van der Waals surface area (Å²) in [5.41, 5.74) is 1.02. The average molecular weight is 257 g/mol.